The van der Waals surface area contributed by atoms with Crippen molar-refractivity contribution in [2.45, 2.75) is 61.4 Å². The summed E-state index contributed by atoms with van der Waals surface area (Å²) in [5.41, 5.74) is 5.91. The lowest BCUT2D eigenvalue weighted by molar-refractivity contribution is -0.292. The first-order valence-electron chi connectivity index (χ1n) is 11.2. The highest BCUT2D eigenvalue weighted by Crippen LogP contribution is 2.61. The summed E-state index contributed by atoms with van der Waals surface area (Å²) in [6.45, 7) is -2.08. The molecule has 0 bridgehead atoms. The number of halogens is 1. The number of imidazole rings is 1. The van der Waals surface area contributed by atoms with E-state index >= 15 is 0 Å². The monoisotopic (exact) mass is 621 g/mol. The molecule has 226 valence electrons. The van der Waals surface area contributed by atoms with Crippen LogP contribution in [0.2, 0.25) is 0 Å². The van der Waals surface area contributed by atoms with Gasteiger partial charge in [-0.1, -0.05) is 0 Å². The molecule has 10 N–H and O–H groups in total. The number of nitrogens with zero attached hydrogens (tertiary/aromatic N) is 4. The molecule has 0 aliphatic carbocycles. The Hall–Kier alpha value is -1.78. The lowest BCUT2D eigenvalue weighted by Gasteiger charge is -2.41. The second-order valence-electron chi connectivity index (χ2n) is 8.69. The summed E-state index contributed by atoms with van der Waals surface area (Å²) in [6.07, 6.45) is -17.2. The fraction of sp³-hybridized carbons (Fsp3) is 0.706. The molecule has 2 saturated heterocycles. The van der Waals surface area contributed by atoms with Crippen LogP contribution in [0.15, 0.2) is 12.7 Å². The zero-order chi connectivity index (χ0) is 29.6. The Kier molecular flexibility index (Phi) is 9.22. The molecule has 2 aromatic rings. The van der Waals surface area contributed by atoms with Crippen LogP contribution in [0, 0.1) is 0 Å². The van der Waals surface area contributed by atoms with Gasteiger partial charge in [-0.2, -0.15) is 4.31 Å². The quantitative estimate of drug-likeness (QED) is 0.116. The van der Waals surface area contributed by atoms with Crippen LogP contribution in [0.3, 0.4) is 0 Å². The Balaban J connectivity index is 1.38. The molecule has 0 radical (unpaired) electrons. The number of alkyl halides is 1. The Labute approximate surface area is 222 Å². The summed E-state index contributed by atoms with van der Waals surface area (Å²) in [5, 5.41) is 58.8. The molecule has 0 saturated carbocycles. The molecule has 2 aromatic heterocycles. The van der Waals surface area contributed by atoms with Gasteiger partial charge in [0.1, 0.15) is 54.6 Å². The van der Waals surface area contributed by atoms with Crippen molar-refractivity contribution in [3.05, 3.63) is 12.7 Å². The summed E-state index contributed by atoms with van der Waals surface area (Å²) >= 11 is 0. The second-order valence-corrected chi connectivity index (χ2v) is 11.7. The number of aliphatic hydroxyl groups excluding tert-OH is 6. The van der Waals surface area contributed by atoms with E-state index < -0.39 is 90.3 Å². The van der Waals surface area contributed by atoms with Crippen molar-refractivity contribution in [2.24, 2.45) is 0 Å². The number of hydrogen-bond acceptors (Lipinski definition) is 17. The average molecular weight is 621 g/mol. The number of fused-ring (bicyclic) bond motifs is 1. The summed E-state index contributed by atoms with van der Waals surface area (Å²) in [6, 6.07) is 0. The van der Waals surface area contributed by atoms with Crippen LogP contribution in [0.5, 0.6) is 0 Å². The number of phosphoric acid groups is 2. The van der Waals surface area contributed by atoms with Crippen molar-refractivity contribution in [1.29, 1.82) is 0 Å². The van der Waals surface area contributed by atoms with Crippen molar-refractivity contribution in [2.75, 3.05) is 18.9 Å². The Morgan fingerprint density at radius 2 is 1.75 bits per heavy atom. The van der Waals surface area contributed by atoms with E-state index in [4.69, 9.17) is 20.3 Å². The number of aliphatic hydroxyl groups is 6. The number of nitrogens with two attached hydrogens (primary N) is 1. The first-order valence-corrected chi connectivity index (χ1v) is 14.2. The number of ether oxygens (including phenoxy) is 2. The topological polar surface area (TPSA) is 312 Å². The molecule has 20 nitrogen and oxygen atoms in total. The van der Waals surface area contributed by atoms with E-state index in [0.717, 1.165) is 17.2 Å². The molecule has 2 fully saturated rings. The minimum absolute atomic E-state index is 0.00105. The van der Waals surface area contributed by atoms with Gasteiger partial charge in [0.05, 0.1) is 19.5 Å². The van der Waals surface area contributed by atoms with Gasteiger partial charge in [-0.3, -0.25) is 13.6 Å². The summed E-state index contributed by atoms with van der Waals surface area (Å²) in [4.78, 5) is 31.5. The van der Waals surface area contributed by atoms with E-state index in [9.17, 15) is 48.8 Å². The first kappa shape index (κ1) is 31.2. The van der Waals surface area contributed by atoms with E-state index in [1.165, 1.54) is 0 Å². The maximum Gasteiger partial charge on any atom is 0.483 e. The van der Waals surface area contributed by atoms with Crippen LogP contribution in [0.4, 0.5) is 10.2 Å². The van der Waals surface area contributed by atoms with E-state index in [1.807, 2.05) is 0 Å². The van der Waals surface area contributed by atoms with Gasteiger partial charge >= 0.3 is 15.6 Å². The Morgan fingerprint density at radius 1 is 1.05 bits per heavy atom. The molecule has 0 amide bonds. The van der Waals surface area contributed by atoms with Gasteiger partial charge in [0.15, 0.2) is 30.2 Å². The molecule has 2 aliphatic rings. The van der Waals surface area contributed by atoms with Gasteiger partial charge in [-0.25, -0.2) is 28.5 Å². The lowest BCUT2D eigenvalue weighted by Crippen LogP contribution is -2.61. The van der Waals surface area contributed by atoms with Crippen LogP contribution in [0.25, 0.3) is 11.2 Å². The number of rotatable bonds is 10. The van der Waals surface area contributed by atoms with Crippen molar-refractivity contribution < 1.29 is 76.8 Å². The Morgan fingerprint density at radius 3 is 2.42 bits per heavy atom. The van der Waals surface area contributed by atoms with E-state index in [2.05, 4.69) is 28.3 Å². The van der Waals surface area contributed by atoms with Crippen LogP contribution < -0.4 is 5.73 Å². The van der Waals surface area contributed by atoms with Crippen LogP contribution in [-0.4, -0.2) is 128 Å². The van der Waals surface area contributed by atoms with Crippen molar-refractivity contribution >= 4 is 32.6 Å². The third-order valence-corrected chi connectivity index (χ3v) is 8.57. The second kappa shape index (κ2) is 11.8. The molecule has 23 heteroatoms. The van der Waals surface area contributed by atoms with Gasteiger partial charge in [0.25, 0.3) is 0 Å². The zero-order valence-electron chi connectivity index (χ0n) is 19.9. The smallest absolute Gasteiger partial charge is 0.394 e. The van der Waals surface area contributed by atoms with Crippen molar-refractivity contribution in [1.82, 2.24) is 19.5 Å². The molecule has 4 heterocycles. The zero-order valence-corrected chi connectivity index (χ0v) is 21.7. The third kappa shape index (κ3) is 6.33. The number of aromatic nitrogens is 4. The minimum Gasteiger partial charge on any atom is -0.394 e. The molecule has 0 aromatic carbocycles. The summed E-state index contributed by atoms with van der Waals surface area (Å²) in [5.74, 6) is -0.00105. The maximum atomic E-state index is 14.8. The summed E-state index contributed by atoms with van der Waals surface area (Å²) in [7, 11) is -11.2. The predicted molar refractivity (Wildman–Crippen MR) is 122 cm³/mol. The van der Waals surface area contributed by atoms with Gasteiger partial charge in [0.2, 0.25) is 0 Å². The van der Waals surface area contributed by atoms with Gasteiger partial charge in [-0.05, 0) is 0 Å². The predicted octanol–water partition coefficient (Wildman–Crippen LogP) is -3.58. The first-order chi connectivity index (χ1) is 18.7. The average Bonchev–Trinajstić information content (AvgIpc) is 3.43. The molecule has 4 rings (SSSR count). The van der Waals surface area contributed by atoms with Gasteiger partial charge < -0.3 is 55.6 Å². The molecule has 12 atom stereocenters. The molecular formula is C17H26FN5O15P2. The standard InChI is InChI=1S/C17H26FN5O15P2/c18-7-6(35-16(9(7)26)23-4-22-8-14(19)20-3-21-15(8)23)2-34-39(30,31)38-40(32,33)37-17-12(29)10(27)11(28)13(36-17)5(25)1-24/h3-7,9-13,16-17,24-29H,1-2H2,(H,30,31)(H,32,33)(H2,19,20,21)/t5-,6-,7?,9+,10?,11+,12?,13?,16-,17+/m1/s1. The normalized spacial score (nSPS) is 36.8. The fourth-order valence-corrected chi connectivity index (χ4v) is 6.14. The molecule has 40 heavy (non-hydrogen) atoms. The van der Waals surface area contributed by atoms with Crippen LogP contribution >= 0.6 is 15.6 Å². The van der Waals surface area contributed by atoms with E-state index in [-0.39, 0.29) is 17.0 Å². The van der Waals surface area contributed by atoms with E-state index in [1.54, 1.807) is 0 Å². The van der Waals surface area contributed by atoms with E-state index in [0.29, 0.717) is 0 Å². The number of anilines is 1. The van der Waals surface area contributed by atoms with Crippen LogP contribution in [-0.2, 0) is 32.0 Å². The highest BCUT2D eigenvalue weighted by molar-refractivity contribution is 7.61. The number of hydrogen-bond donors (Lipinski definition) is 9. The molecule has 6 unspecified atom stereocenters. The van der Waals surface area contributed by atoms with Crippen molar-refractivity contribution in [3.63, 3.8) is 0 Å². The molecule has 2 aliphatic heterocycles. The van der Waals surface area contributed by atoms with Gasteiger partial charge in [-0.15, -0.1) is 0 Å². The number of phosphoric ester groups is 2. The minimum atomic E-state index is -5.69. The van der Waals surface area contributed by atoms with Crippen molar-refractivity contribution in [3.8, 4) is 0 Å². The largest absolute Gasteiger partial charge is 0.483 e. The van der Waals surface area contributed by atoms with Crippen LogP contribution in [0.1, 0.15) is 6.23 Å². The third-order valence-electron chi connectivity index (χ3n) is 5.97. The highest BCUT2D eigenvalue weighted by atomic mass is 31.3. The fourth-order valence-electron chi connectivity index (χ4n) is 3.98. The Bertz CT molecular complexity index is 1290. The molecular weight excluding hydrogens is 595 g/mol. The lowest BCUT2D eigenvalue weighted by atomic mass is 9.96. The highest BCUT2D eigenvalue weighted by Gasteiger charge is 2.51. The molecule has 0 spiro atoms. The maximum absolute atomic E-state index is 14.8. The summed E-state index contributed by atoms with van der Waals surface area (Å²) < 4.78 is 63.9. The SMILES string of the molecule is Nc1ncnc2c1ncn2[C@@H]1O[C@H](COP(=O)(O)OP(=O)(O)O[C@@H]2OC([C@H](O)CO)[C@@H](O)C(O)C2O)C(F)[C@@H]1O. The number of nitrogen functional groups attached to an aromatic ring is 1. The van der Waals surface area contributed by atoms with Gasteiger partial charge in [0, 0.05) is 0 Å².